The van der Waals surface area contributed by atoms with Gasteiger partial charge < -0.3 is 15.7 Å². The lowest BCUT2D eigenvalue weighted by molar-refractivity contribution is -0.192. The maximum absolute atomic E-state index is 10.6. The van der Waals surface area contributed by atoms with Crippen molar-refractivity contribution in [3.05, 3.63) is 0 Å². The molecule has 9 heteroatoms. The Labute approximate surface area is 113 Å². The standard InChI is InChI=1S/C7H18N2S2.C2HF3O2/c1-7(9(2)3)6-11-10-5-4-8;3-2(4,5)1(6)7/h7H,4-6,8H2,1-3H3;(H,6,7). The van der Waals surface area contributed by atoms with Gasteiger partial charge in [0.1, 0.15) is 0 Å². The number of carboxylic acids is 1. The molecule has 0 spiro atoms. The van der Waals surface area contributed by atoms with Crippen molar-refractivity contribution in [2.45, 2.75) is 19.1 Å². The van der Waals surface area contributed by atoms with E-state index in [1.807, 2.05) is 21.6 Å². The van der Waals surface area contributed by atoms with E-state index in [0.29, 0.717) is 6.04 Å². The van der Waals surface area contributed by atoms with Gasteiger partial charge in [0.05, 0.1) is 0 Å². The van der Waals surface area contributed by atoms with Crippen LogP contribution in [0.25, 0.3) is 0 Å². The van der Waals surface area contributed by atoms with E-state index in [9.17, 15) is 13.2 Å². The Balaban J connectivity index is 0. The third-order valence-corrected chi connectivity index (χ3v) is 4.31. The molecule has 4 nitrogen and oxygen atoms in total. The van der Waals surface area contributed by atoms with Crippen LogP contribution in [0.5, 0.6) is 0 Å². The molecule has 110 valence electrons. The van der Waals surface area contributed by atoms with Crippen LogP contribution < -0.4 is 5.73 Å². The van der Waals surface area contributed by atoms with E-state index in [0.717, 1.165) is 12.3 Å². The zero-order chi connectivity index (χ0) is 14.8. The molecule has 0 aliphatic rings. The SMILES string of the molecule is CC(CSSCCN)N(C)C.O=C(O)C(F)(F)F. The first kappa shape index (κ1) is 20.2. The molecule has 0 heterocycles. The van der Waals surface area contributed by atoms with Crippen molar-refractivity contribution in [3.63, 3.8) is 0 Å². The highest BCUT2D eigenvalue weighted by Crippen LogP contribution is 2.21. The zero-order valence-corrected chi connectivity index (χ0v) is 12.2. The average molecular weight is 308 g/mol. The number of halogens is 3. The Morgan fingerprint density at radius 2 is 1.83 bits per heavy atom. The summed E-state index contributed by atoms with van der Waals surface area (Å²) in [5.41, 5.74) is 5.36. The fourth-order valence-electron chi connectivity index (χ4n) is 0.403. The van der Waals surface area contributed by atoms with Gasteiger partial charge in [0.2, 0.25) is 0 Å². The van der Waals surface area contributed by atoms with Gasteiger partial charge in [-0.25, -0.2) is 4.79 Å². The molecule has 18 heavy (non-hydrogen) atoms. The van der Waals surface area contributed by atoms with Crippen LogP contribution in [-0.4, -0.2) is 60.3 Å². The second kappa shape index (κ2) is 10.8. The quantitative estimate of drug-likeness (QED) is 0.577. The smallest absolute Gasteiger partial charge is 0.475 e. The Hall–Kier alpha value is -0.120. The minimum absolute atomic E-state index is 0.658. The molecule has 0 rings (SSSR count). The Bertz CT molecular complexity index is 228. The van der Waals surface area contributed by atoms with Crippen LogP contribution >= 0.6 is 21.6 Å². The van der Waals surface area contributed by atoms with Crippen molar-refractivity contribution < 1.29 is 23.1 Å². The van der Waals surface area contributed by atoms with E-state index in [1.165, 1.54) is 5.75 Å². The van der Waals surface area contributed by atoms with E-state index >= 15 is 0 Å². The number of rotatable bonds is 6. The predicted molar refractivity (Wildman–Crippen MR) is 70.8 cm³/mol. The molecule has 0 radical (unpaired) electrons. The number of hydrogen-bond donors (Lipinski definition) is 2. The van der Waals surface area contributed by atoms with Crippen LogP contribution in [0.3, 0.4) is 0 Å². The molecule has 0 saturated carbocycles. The van der Waals surface area contributed by atoms with Crippen molar-refractivity contribution in [2.75, 3.05) is 32.1 Å². The fourth-order valence-corrected chi connectivity index (χ4v) is 2.73. The normalized spacial score (nSPS) is 12.9. The summed E-state index contributed by atoms with van der Waals surface area (Å²) in [6, 6.07) is 0.658. The number of hydrogen-bond acceptors (Lipinski definition) is 5. The van der Waals surface area contributed by atoms with Gasteiger partial charge in [-0.3, -0.25) is 0 Å². The molecule has 3 N–H and O–H groups in total. The van der Waals surface area contributed by atoms with Gasteiger partial charge in [-0.1, -0.05) is 21.6 Å². The molecule has 0 aromatic carbocycles. The van der Waals surface area contributed by atoms with Gasteiger partial charge >= 0.3 is 12.1 Å². The molecule has 1 unspecified atom stereocenters. The summed E-state index contributed by atoms with van der Waals surface area (Å²) in [4.78, 5) is 11.1. The highest BCUT2D eigenvalue weighted by Gasteiger charge is 2.38. The summed E-state index contributed by atoms with van der Waals surface area (Å²) in [5, 5.41) is 7.12. The molecule has 1 atom stereocenters. The highest BCUT2D eigenvalue weighted by atomic mass is 33.1. The summed E-state index contributed by atoms with van der Waals surface area (Å²) in [6.45, 7) is 3.02. The van der Waals surface area contributed by atoms with Crippen LogP contribution in [0.1, 0.15) is 6.92 Å². The Morgan fingerprint density at radius 1 is 1.39 bits per heavy atom. The van der Waals surface area contributed by atoms with E-state index in [2.05, 4.69) is 25.9 Å². The molecule has 0 fully saturated rings. The zero-order valence-electron chi connectivity index (χ0n) is 10.5. The van der Waals surface area contributed by atoms with E-state index in [4.69, 9.17) is 15.6 Å². The molecule has 0 aliphatic carbocycles. The second-order valence-electron chi connectivity index (χ2n) is 3.51. The maximum Gasteiger partial charge on any atom is 0.490 e. The van der Waals surface area contributed by atoms with Crippen molar-refractivity contribution in [3.8, 4) is 0 Å². The summed E-state index contributed by atoms with van der Waals surface area (Å²) >= 11 is 0. The number of nitrogens with two attached hydrogens (primary N) is 1. The lowest BCUT2D eigenvalue weighted by Crippen LogP contribution is -2.26. The van der Waals surface area contributed by atoms with Gasteiger partial charge in [-0.2, -0.15) is 13.2 Å². The third-order valence-electron chi connectivity index (χ3n) is 1.72. The molecule has 0 saturated heterocycles. The van der Waals surface area contributed by atoms with Crippen LogP contribution in [0.2, 0.25) is 0 Å². The topological polar surface area (TPSA) is 66.6 Å². The Morgan fingerprint density at radius 3 is 2.11 bits per heavy atom. The predicted octanol–water partition coefficient (Wildman–Crippen LogP) is 1.91. The van der Waals surface area contributed by atoms with Gasteiger partial charge in [0.15, 0.2) is 0 Å². The number of nitrogens with zero attached hydrogens (tertiary/aromatic N) is 1. The first-order valence-corrected chi connectivity index (χ1v) is 7.52. The summed E-state index contributed by atoms with van der Waals surface area (Å²) < 4.78 is 31.7. The van der Waals surface area contributed by atoms with Crippen LogP contribution in [0.15, 0.2) is 0 Å². The Kier molecular flexibility index (Phi) is 12.1. The van der Waals surface area contributed by atoms with E-state index in [-0.39, 0.29) is 0 Å². The highest BCUT2D eigenvalue weighted by molar-refractivity contribution is 8.76. The van der Waals surface area contributed by atoms with Crippen molar-refractivity contribution in [1.82, 2.24) is 4.90 Å². The number of aliphatic carboxylic acids is 1. The van der Waals surface area contributed by atoms with Gasteiger partial charge in [0, 0.05) is 24.1 Å². The fraction of sp³-hybridized carbons (Fsp3) is 0.889. The van der Waals surface area contributed by atoms with E-state index < -0.39 is 12.1 Å². The molecule has 0 aliphatic heterocycles. The van der Waals surface area contributed by atoms with Crippen LogP contribution in [0.4, 0.5) is 13.2 Å². The molecular weight excluding hydrogens is 289 g/mol. The largest absolute Gasteiger partial charge is 0.490 e. The summed E-state index contributed by atoms with van der Waals surface area (Å²) in [6.07, 6.45) is -5.08. The number of carboxylic acid groups (broad SMARTS) is 1. The minimum atomic E-state index is -5.08. The number of alkyl halides is 3. The lowest BCUT2D eigenvalue weighted by atomic mass is 10.4. The first-order chi connectivity index (χ1) is 8.12. The van der Waals surface area contributed by atoms with Gasteiger partial charge in [-0.15, -0.1) is 0 Å². The van der Waals surface area contributed by atoms with Gasteiger partial charge in [-0.05, 0) is 21.0 Å². The van der Waals surface area contributed by atoms with Crippen LogP contribution in [0, 0.1) is 0 Å². The minimum Gasteiger partial charge on any atom is -0.475 e. The molecule has 0 amide bonds. The summed E-state index contributed by atoms with van der Waals surface area (Å²) in [5.74, 6) is -0.518. The number of carbonyl (C=O) groups is 1. The first-order valence-electron chi connectivity index (χ1n) is 5.04. The molecule has 0 aromatic heterocycles. The lowest BCUT2D eigenvalue weighted by Gasteiger charge is -2.18. The van der Waals surface area contributed by atoms with Crippen molar-refractivity contribution >= 4 is 27.6 Å². The van der Waals surface area contributed by atoms with Gasteiger partial charge in [0.25, 0.3) is 0 Å². The molecule has 0 bridgehead atoms. The van der Waals surface area contributed by atoms with Crippen molar-refractivity contribution in [2.24, 2.45) is 5.73 Å². The third kappa shape index (κ3) is 13.9. The monoisotopic (exact) mass is 308 g/mol. The molecular formula is C9H19F3N2O2S2. The molecule has 0 aromatic rings. The maximum atomic E-state index is 10.6. The van der Waals surface area contributed by atoms with Crippen LogP contribution in [-0.2, 0) is 4.79 Å². The second-order valence-corrected chi connectivity index (χ2v) is 6.14. The summed E-state index contributed by atoms with van der Waals surface area (Å²) in [7, 11) is 7.99. The van der Waals surface area contributed by atoms with Crippen molar-refractivity contribution in [1.29, 1.82) is 0 Å². The van der Waals surface area contributed by atoms with E-state index in [1.54, 1.807) is 0 Å². The average Bonchev–Trinajstić information content (AvgIpc) is 2.23.